The van der Waals surface area contributed by atoms with Crippen LogP contribution in [-0.4, -0.2) is 31.4 Å². The van der Waals surface area contributed by atoms with Gasteiger partial charge >= 0.3 is 6.61 Å². The van der Waals surface area contributed by atoms with Gasteiger partial charge in [0, 0.05) is 16.9 Å². The number of halogens is 2. The van der Waals surface area contributed by atoms with Gasteiger partial charge in [-0.1, -0.05) is 6.07 Å². The van der Waals surface area contributed by atoms with Crippen molar-refractivity contribution in [2.24, 2.45) is 0 Å². The molecule has 2 heterocycles. The van der Waals surface area contributed by atoms with E-state index in [1.165, 1.54) is 36.6 Å². The summed E-state index contributed by atoms with van der Waals surface area (Å²) in [5.41, 5.74) is 2.06. The summed E-state index contributed by atoms with van der Waals surface area (Å²) in [6.07, 6.45) is 0.628. The van der Waals surface area contributed by atoms with Crippen LogP contribution in [0.3, 0.4) is 0 Å². The molecule has 0 fully saturated rings. The number of anilines is 1. The summed E-state index contributed by atoms with van der Waals surface area (Å²) in [6.45, 7) is -0.905. The van der Waals surface area contributed by atoms with Gasteiger partial charge in [-0.3, -0.25) is 10.1 Å². The number of carbonyl (C=O) groups excluding carboxylic acids is 1. The monoisotopic (exact) mass is 448 g/mol. The molecule has 0 radical (unpaired) electrons. The minimum absolute atomic E-state index is 0.0340. The van der Waals surface area contributed by atoms with Crippen molar-refractivity contribution in [2.75, 3.05) is 19.2 Å². The van der Waals surface area contributed by atoms with Crippen molar-refractivity contribution in [3.8, 4) is 23.0 Å². The molecular formula is C21H18F2N2O5S. The maximum absolute atomic E-state index is 12.6. The van der Waals surface area contributed by atoms with Gasteiger partial charge in [-0.05, 0) is 42.8 Å². The van der Waals surface area contributed by atoms with E-state index in [0.29, 0.717) is 17.3 Å². The number of ether oxygens (including phenoxy) is 4. The Balaban J connectivity index is 1.47. The van der Waals surface area contributed by atoms with Gasteiger partial charge in [0.25, 0.3) is 5.91 Å². The molecule has 0 saturated carbocycles. The molecule has 0 unspecified atom stereocenters. The van der Waals surface area contributed by atoms with Gasteiger partial charge < -0.3 is 18.9 Å². The molecule has 0 saturated heterocycles. The third-order valence-corrected chi connectivity index (χ3v) is 5.63. The highest BCUT2D eigenvalue weighted by Crippen LogP contribution is 2.34. The number of thiazole rings is 1. The fourth-order valence-corrected chi connectivity index (χ4v) is 4.05. The first kappa shape index (κ1) is 20.9. The summed E-state index contributed by atoms with van der Waals surface area (Å²) in [5.74, 6) is 0.877. The minimum atomic E-state index is -2.99. The number of aryl methyl sites for hydroxylation is 1. The maximum atomic E-state index is 12.6. The molecule has 1 amide bonds. The van der Waals surface area contributed by atoms with Crippen molar-refractivity contribution in [3.05, 3.63) is 58.1 Å². The smallest absolute Gasteiger partial charge is 0.387 e. The van der Waals surface area contributed by atoms with Crippen LogP contribution in [0.1, 0.15) is 26.5 Å². The number of methoxy groups -OCH3 is 1. The molecule has 1 aliphatic heterocycles. The SMILES string of the molecule is COc1cc(C(=O)Nc2nc(C)c(Cc3ccc4c(c3)OCO4)s2)ccc1OC(F)F. The maximum Gasteiger partial charge on any atom is 0.387 e. The summed E-state index contributed by atoms with van der Waals surface area (Å²) in [7, 11) is 1.31. The number of alkyl halides is 2. The second-order valence-corrected chi connectivity index (χ2v) is 7.67. The van der Waals surface area contributed by atoms with E-state index in [4.69, 9.17) is 14.2 Å². The summed E-state index contributed by atoms with van der Waals surface area (Å²) in [6, 6.07) is 9.73. The molecule has 1 N–H and O–H groups in total. The zero-order chi connectivity index (χ0) is 22.0. The molecular weight excluding hydrogens is 430 g/mol. The number of aromatic nitrogens is 1. The number of rotatable bonds is 7. The van der Waals surface area contributed by atoms with Crippen molar-refractivity contribution in [1.82, 2.24) is 4.98 Å². The van der Waals surface area contributed by atoms with Gasteiger partial charge in [-0.2, -0.15) is 8.78 Å². The topological polar surface area (TPSA) is 78.9 Å². The molecule has 10 heteroatoms. The number of amides is 1. The second-order valence-electron chi connectivity index (χ2n) is 6.59. The van der Waals surface area contributed by atoms with Crippen LogP contribution in [0.25, 0.3) is 0 Å². The van der Waals surface area contributed by atoms with E-state index in [-0.39, 0.29) is 23.9 Å². The molecule has 162 valence electrons. The molecule has 1 aromatic heterocycles. The molecule has 1 aliphatic rings. The number of nitrogens with zero attached hydrogens (tertiary/aromatic N) is 1. The zero-order valence-corrected chi connectivity index (χ0v) is 17.4. The molecule has 2 aromatic carbocycles. The number of benzene rings is 2. The number of fused-ring (bicyclic) bond motifs is 1. The van der Waals surface area contributed by atoms with Gasteiger partial charge in [-0.25, -0.2) is 4.98 Å². The Hall–Kier alpha value is -3.40. The molecule has 0 spiro atoms. The van der Waals surface area contributed by atoms with E-state index in [9.17, 15) is 13.6 Å². The number of carbonyl (C=O) groups is 1. The molecule has 3 aromatic rings. The quantitative estimate of drug-likeness (QED) is 0.568. The fourth-order valence-electron chi connectivity index (χ4n) is 3.05. The Morgan fingerprint density at radius 3 is 2.77 bits per heavy atom. The van der Waals surface area contributed by atoms with E-state index in [2.05, 4.69) is 15.0 Å². The van der Waals surface area contributed by atoms with Gasteiger partial charge in [0.15, 0.2) is 28.1 Å². The van der Waals surface area contributed by atoms with Crippen LogP contribution in [0, 0.1) is 6.92 Å². The Morgan fingerprint density at radius 1 is 1.19 bits per heavy atom. The van der Waals surface area contributed by atoms with Gasteiger partial charge in [0.05, 0.1) is 12.8 Å². The van der Waals surface area contributed by atoms with Crippen molar-refractivity contribution in [2.45, 2.75) is 20.0 Å². The lowest BCUT2D eigenvalue weighted by molar-refractivity contribution is -0.0512. The minimum Gasteiger partial charge on any atom is -0.493 e. The van der Waals surface area contributed by atoms with Crippen molar-refractivity contribution < 1.29 is 32.5 Å². The fraction of sp³-hybridized carbons (Fsp3) is 0.238. The summed E-state index contributed by atoms with van der Waals surface area (Å²) >= 11 is 1.36. The lowest BCUT2D eigenvalue weighted by atomic mass is 10.1. The van der Waals surface area contributed by atoms with E-state index in [1.54, 1.807) is 0 Å². The molecule has 0 bridgehead atoms. The first-order valence-corrected chi connectivity index (χ1v) is 10.0. The highest BCUT2D eigenvalue weighted by molar-refractivity contribution is 7.15. The summed E-state index contributed by atoms with van der Waals surface area (Å²) in [5, 5.41) is 3.17. The van der Waals surface area contributed by atoms with Crippen molar-refractivity contribution in [3.63, 3.8) is 0 Å². The van der Waals surface area contributed by atoms with Gasteiger partial charge in [0.2, 0.25) is 6.79 Å². The van der Waals surface area contributed by atoms with Crippen molar-refractivity contribution in [1.29, 1.82) is 0 Å². The molecule has 4 rings (SSSR count). The number of hydrogen-bond donors (Lipinski definition) is 1. The average Bonchev–Trinajstić information content (AvgIpc) is 3.33. The highest BCUT2D eigenvalue weighted by Gasteiger charge is 2.18. The third kappa shape index (κ3) is 4.69. The molecule has 0 aliphatic carbocycles. The van der Waals surface area contributed by atoms with E-state index in [1.807, 2.05) is 25.1 Å². The largest absolute Gasteiger partial charge is 0.493 e. The molecule has 7 nitrogen and oxygen atoms in total. The van der Waals surface area contributed by atoms with Crippen LogP contribution in [0.15, 0.2) is 36.4 Å². The van der Waals surface area contributed by atoms with E-state index < -0.39 is 12.5 Å². The zero-order valence-electron chi connectivity index (χ0n) is 16.6. The van der Waals surface area contributed by atoms with E-state index >= 15 is 0 Å². The van der Waals surface area contributed by atoms with E-state index in [0.717, 1.165) is 21.9 Å². The van der Waals surface area contributed by atoms with Gasteiger partial charge in [0.1, 0.15) is 0 Å². The van der Waals surface area contributed by atoms with Crippen molar-refractivity contribution >= 4 is 22.4 Å². The number of nitrogens with one attached hydrogen (secondary N) is 1. The normalized spacial score (nSPS) is 12.2. The van der Waals surface area contributed by atoms with Crippen LogP contribution in [-0.2, 0) is 6.42 Å². The van der Waals surface area contributed by atoms with Crippen LogP contribution in [0.5, 0.6) is 23.0 Å². The molecule has 31 heavy (non-hydrogen) atoms. The Kier molecular flexibility index (Phi) is 5.90. The average molecular weight is 448 g/mol. The first-order valence-electron chi connectivity index (χ1n) is 9.22. The van der Waals surface area contributed by atoms with Gasteiger partial charge in [-0.15, -0.1) is 11.3 Å². The lowest BCUT2D eigenvalue weighted by Crippen LogP contribution is -2.12. The standard InChI is InChI=1S/C21H18F2N2O5S/c1-11-18(8-12-3-5-14-17(7-12)29-10-28-14)31-21(24-11)25-19(26)13-4-6-15(30-20(22)23)16(9-13)27-2/h3-7,9,20H,8,10H2,1-2H3,(H,24,25,26). The second kappa shape index (κ2) is 8.76. The first-order chi connectivity index (χ1) is 14.9. The molecule has 0 atom stereocenters. The Labute approximate surface area is 180 Å². The van der Waals surface area contributed by atoms with Crippen LogP contribution in [0.2, 0.25) is 0 Å². The van der Waals surface area contributed by atoms with Crippen LogP contribution < -0.4 is 24.3 Å². The Bertz CT molecular complexity index is 1120. The predicted octanol–water partition coefficient (Wildman–Crippen LogP) is 4.63. The lowest BCUT2D eigenvalue weighted by Gasteiger charge is -2.11. The predicted molar refractivity (Wildman–Crippen MR) is 110 cm³/mol. The van der Waals surface area contributed by atoms with Crippen LogP contribution >= 0.6 is 11.3 Å². The van der Waals surface area contributed by atoms with Crippen LogP contribution in [0.4, 0.5) is 13.9 Å². The highest BCUT2D eigenvalue weighted by atomic mass is 32.1. The third-order valence-electron chi connectivity index (χ3n) is 4.56. The summed E-state index contributed by atoms with van der Waals surface area (Å²) in [4.78, 5) is 18.0. The Morgan fingerprint density at radius 2 is 2.00 bits per heavy atom. The number of hydrogen-bond acceptors (Lipinski definition) is 7. The summed E-state index contributed by atoms with van der Waals surface area (Å²) < 4.78 is 45.1.